The van der Waals surface area contributed by atoms with Crippen molar-refractivity contribution in [3.05, 3.63) is 0 Å². The molecule has 164 valence electrons. The van der Waals surface area contributed by atoms with E-state index in [1.54, 1.807) is 0 Å². The van der Waals surface area contributed by atoms with Gasteiger partial charge >= 0.3 is 0 Å². The summed E-state index contributed by atoms with van der Waals surface area (Å²) in [5.74, 6) is 3.27. The molecule has 0 radical (unpaired) electrons. The number of aliphatic imine (C=N–C) groups is 1. The molecule has 0 amide bonds. The minimum absolute atomic E-state index is 0. The van der Waals surface area contributed by atoms with Gasteiger partial charge in [0.1, 0.15) is 0 Å². The molecule has 2 heterocycles. The number of hydrogen-bond donors (Lipinski definition) is 2. The van der Waals surface area contributed by atoms with Gasteiger partial charge in [-0.15, -0.1) is 24.0 Å². The van der Waals surface area contributed by atoms with Crippen LogP contribution in [0.4, 0.5) is 0 Å². The van der Waals surface area contributed by atoms with Crippen molar-refractivity contribution in [3.8, 4) is 0 Å². The lowest BCUT2D eigenvalue weighted by Crippen LogP contribution is -2.54. The molecule has 28 heavy (non-hydrogen) atoms. The van der Waals surface area contributed by atoms with Crippen LogP contribution in [-0.4, -0.2) is 76.1 Å². The number of guanidine groups is 1. The van der Waals surface area contributed by atoms with Crippen molar-refractivity contribution in [2.75, 3.05) is 53.1 Å². The molecule has 7 heteroatoms. The summed E-state index contributed by atoms with van der Waals surface area (Å²) in [6, 6.07) is 1.05. The van der Waals surface area contributed by atoms with E-state index in [2.05, 4.69) is 34.4 Å². The highest BCUT2D eigenvalue weighted by molar-refractivity contribution is 14.0. The summed E-state index contributed by atoms with van der Waals surface area (Å²) in [5.41, 5.74) is 0. The molecule has 2 N–H and O–H groups in total. The fourth-order valence-corrected chi connectivity index (χ4v) is 4.88. The van der Waals surface area contributed by atoms with E-state index in [0.717, 1.165) is 70.3 Å². The Kier molecular flexibility index (Phi) is 10.8. The molecule has 0 bridgehead atoms. The molecule has 6 nitrogen and oxygen atoms in total. The van der Waals surface area contributed by atoms with Crippen molar-refractivity contribution in [2.45, 2.75) is 58.0 Å². The van der Waals surface area contributed by atoms with E-state index >= 15 is 0 Å². The van der Waals surface area contributed by atoms with Gasteiger partial charge in [0.05, 0.1) is 19.8 Å². The molecule has 0 aromatic carbocycles. The second-order valence-corrected chi connectivity index (χ2v) is 8.79. The predicted octanol–water partition coefficient (Wildman–Crippen LogP) is 2.72. The molecular formula is C21H41IN4O2. The number of hydrogen-bond acceptors (Lipinski definition) is 4. The molecule has 0 aromatic heterocycles. The largest absolute Gasteiger partial charge is 0.381 e. The Morgan fingerprint density at radius 2 is 1.71 bits per heavy atom. The lowest BCUT2D eigenvalue weighted by atomic mass is 9.80. The highest BCUT2D eigenvalue weighted by atomic mass is 127. The van der Waals surface area contributed by atoms with Gasteiger partial charge < -0.3 is 20.1 Å². The molecule has 2 unspecified atom stereocenters. The van der Waals surface area contributed by atoms with Gasteiger partial charge in [-0.05, 0) is 43.9 Å². The molecule has 3 fully saturated rings. The van der Waals surface area contributed by atoms with E-state index in [0.29, 0.717) is 18.0 Å². The average Bonchev–Trinajstić information content (AvgIpc) is 3.23. The summed E-state index contributed by atoms with van der Waals surface area (Å²) in [6.07, 6.45) is 6.35. The lowest BCUT2D eigenvalue weighted by Gasteiger charge is -2.38. The Hall–Kier alpha value is -0.120. The minimum atomic E-state index is 0. The van der Waals surface area contributed by atoms with Crippen LogP contribution >= 0.6 is 24.0 Å². The Morgan fingerprint density at radius 3 is 2.29 bits per heavy atom. The third kappa shape index (κ3) is 6.99. The molecule has 0 aromatic rings. The minimum Gasteiger partial charge on any atom is -0.381 e. The summed E-state index contributed by atoms with van der Waals surface area (Å²) >= 11 is 0. The Bertz CT molecular complexity index is 457. The van der Waals surface area contributed by atoms with Crippen LogP contribution in [0.15, 0.2) is 4.99 Å². The number of morpholine rings is 1. The van der Waals surface area contributed by atoms with Gasteiger partial charge in [0, 0.05) is 51.3 Å². The first-order valence-corrected chi connectivity index (χ1v) is 11.0. The van der Waals surface area contributed by atoms with Gasteiger partial charge in [-0.3, -0.25) is 9.89 Å². The normalized spacial score (nSPS) is 30.7. The molecule has 1 aliphatic carbocycles. The number of nitrogens with one attached hydrogen (secondary N) is 2. The van der Waals surface area contributed by atoms with Crippen LogP contribution in [0.5, 0.6) is 0 Å². The summed E-state index contributed by atoms with van der Waals surface area (Å²) in [4.78, 5) is 7.08. The van der Waals surface area contributed by atoms with Crippen molar-refractivity contribution in [1.82, 2.24) is 15.5 Å². The zero-order valence-electron chi connectivity index (χ0n) is 18.0. The summed E-state index contributed by atoms with van der Waals surface area (Å²) < 4.78 is 11.2. The fourth-order valence-electron chi connectivity index (χ4n) is 4.88. The van der Waals surface area contributed by atoms with Crippen molar-refractivity contribution in [2.24, 2.45) is 22.7 Å². The molecule has 3 aliphatic rings. The summed E-state index contributed by atoms with van der Waals surface area (Å²) in [7, 11) is 1.89. The monoisotopic (exact) mass is 508 g/mol. The zero-order valence-corrected chi connectivity index (χ0v) is 20.3. The van der Waals surface area contributed by atoms with Crippen LogP contribution in [0.3, 0.4) is 0 Å². The number of halogens is 1. The quantitative estimate of drug-likeness (QED) is 0.329. The number of rotatable bonds is 6. The summed E-state index contributed by atoms with van der Waals surface area (Å²) in [6.45, 7) is 11.2. The van der Waals surface area contributed by atoms with Crippen molar-refractivity contribution in [3.63, 3.8) is 0 Å². The Morgan fingerprint density at radius 1 is 1.00 bits per heavy atom. The van der Waals surface area contributed by atoms with Crippen molar-refractivity contribution >= 4 is 29.9 Å². The van der Waals surface area contributed by atoms with Gasteiger partial charge in [-0.1, -0.05) is 13.8 Å². The van der Waals surface area contributed by atoms with E-state index in [1.165, 1.54) is 25.7 Å². The smallest absolute Gasteiger partial charge is 0.191 e. The average molecular weight is 508 g/mol. The van der Waals surface area contributed by atoms with Gasteiger partial charge in [0.15, 0.2) is 5.96 Å². The first-order valence-electron chi connectivity index (χ1n) is 11.0. The first-order chi connectivity index (χ1) is 13.2. The van der Waals surface area contributed by atoms with Gasteiger partial charge in [-0.2, -0.15) is 0 Å². The van der Waals surface area contributed by atoms with Gasteiger partial charge in [0.2, 0.25) is 0 Å². The highest BCUT2D eigenvalue weighted by Crippen LogP contribution is 2.29. The third-order valence-corrected chi connectivity index (χ3v) is 6.78. The maximum absolute atomic E-state index is 5.68. The molecule has 0 spiro atoms. The second kappa shape index (κ2) is 12.5. The highest BCUT2D eigenvalue weighted by Gasteiger charge is 2.32. The van der Waals surface area contributed by atoms with Crippen LogP contribution in [-0.2, 0) is 9.47 Å². The number of ether oxygens (including phenoxy) is 2. The standard InChI is InChI=1S/C21H40N4O2.HI/c1-16(2)17-4-6-19(7-5-17)24-21(22-3)23-14-20(18-8-11-27-15-18)25-9-12-26-13-10-25;/h16-20H,4-15H2,1-3H3,(H2,22,23,24);1H. The van der Waals surface area contributed by atoms with E-state index < -0.39 is 0 Å². The Labute approximate surface area is 188 Å². The van der Waals surface area contributed by atoms with E-state index in [-0.39, 0.29) is 24.0 Å². The third-order valence-electron chi connectivity index (χ3n) is 6.78. The van der Waals surface area contributed by atoms with Crippen LogP contribution in [0.2, 0.25) is 0 Å². The van der Waals surface area contributed by atoms with Gasteiger partial charge in [0.25, 0.3) is 0 Å². The summed E-state index contributed by atoms with van der Waals surface area (Å²) in [5, 5.41) is 7.30. The topological polar surface area (TPSA) is 58.1 Å². The molecule has 1 saturated carbocycles. The van der Waals surface area contributed by atoms with Crippen molar-refractivity contribution in [1.29, 1.82) is 0 Å². The molecule has 2 atom stereocenters. The van der Waals surface area contributed by atoms with Crippen molar-refractivity contribution < 1.29 is 9.47 Å². The second-order valence-electron chi connectivity index (χ2n) is 8.79. The van der Waals surface area contributed by atoms with E-state index in [9.17, 15) is 0 Å². The van der Waals surface area contributed by atoms with E-state index in [4.69, 9.17) is 9.47 Å². The van der Waals surface area contributed by atoms with E-state index in [1.807, 2.05) is 7.05 Å². The SMILES string of the molecule is CN=C(NCC(C1CCOC1)N1CCOCC1)NC1CCC(C(C)C)CC1.I. The molecule has 3 rings (SSSR count). The molecule has 2 saturated heterocycles. The maximum Gasteiger partial charge on any atom is 0.191 e. The molecule has 2 aliphatic heterocycles. The molecular weight excluding hydrogens is 467 g/mol. The maximum atomic E-state index is 5.68. The van der Waals surface area contributed by atoms with Crippen LogP contribution < -0.4 is 10.6 Å². The van der Waals surface area contributed by atoms with Crippen LogP contribution in [0.1, 0.15) is 46.0 Å². The number of nitrogens with zero attached hydrogens (tertiary/aromatic N) is 2. The first kappa shape index (κ1) is 24.2. The zero-order chi connectivity index (χ0) is 19.1. The Balaban J connectivity index is 0.00000280. The predicted molar refractivity (Wildman–Crippen MR) is 126 cm³/mol. The van der Waals surface area contributed by atoms with Crippen LogP contribution in [0.25, 0.3) is 0 Å². The van der Waals surface area contributed by atoms with Crippen LogP contribution in [0, 0.1) is 17.8 Å². The fraction of sp³-hybridized carbons (Fsp3) is 0.952. The lowest BCUT2D eigenvalue weighted by molar-refractivity contribution is 0.00245. The van der Waals surface area contributed by atoms with Gasteiger partial charge in [-0.25, -0.2) is 0 Å².